The van der Waals surface area contributed by atoms with E-state index in [0.29, 0.717) is 5.01 Å². The zero-order valence-electron chi connectivity index (χ0n) is 5.39. The third-order valence-corrected chi connectivity index (χ3v) is 1.75. The van der Waals surface area contributed by atoms with Crippen molar-refractivity contribution in [3.63, 3.8) is 0 Å². The molecule has 0 aliphatic rings. The van der Waals surface area contributed by atoms with Crippen LogP contribution in [0.4, 0.5) is 0 Å². The second kappa shape index (κ2) is 3.11. The molecule has 0 aliphatic carbocycles. The first-order valence-corrected chi connectivity index (χ1v) is 3.55. The molecule has 0 saturated heterocycles. The van der Waals surface area contributed by atoms with Crippen LogP contribution in [-0.2, 0) is 4.79 Å². The van der Waals surface area contributed by atoms with Crippen molar-refractivity contribution in [3.8, 4) is 0 Å². The molecule has 1 aromatic heterocycles. The summed E-state index contributed by atoms with van der Waals surface area (Å²) in [5, 5.41) is 13.0. The van der Waals surface area contributed by atoms with E-state index in [4.69, 9.17) is 10.9 Å². The van der Waals surface area contributed by atoms with Gasteiger partial charge in [-0.25, -0.2) is 4.98 Å². The van der Waals surface area contributed by atoms with Crippen LogP contribution in [0.1, 0.15) is 5.01 Å². The van der Waals surface area contributed by atoms with Crippen LogP contribution in [0.15, 0.2) is 16.7 Å². The molecule has 0 aliphatic heterocycles. The topological polar surface area (TPSA) is 88.6 Å². The predicted octanol–water partition coefficient (Wildman–Crippen LogP) is -0.193. The van der Waals surface area contributed by atoms with E-state index in [1.54, 1.807) is 5.38 Å². The number of oxime groups is 1. The Morgan fingerprint density at radius 2 is 2.55 bits per heavy atom. The first-order valence-electron chi connectivity index (χ1n) is 2.67. The summed E-state index contributed by atoms with van der Waals surface area (Å²) in [6.45, 7) is 0. The van der Waals surface area contributed by atoms with E-state index >= 15 is 0 Å². The molecule has 1 aromatic rings. The molecule has 0 aromatic carbocycles. The maximum absolute atomic E-state index is 10.5. The summed E-state index contributed by atoms with van der Waals surface area (Å²) in [6, 6.07) is 0. The SMILES string of the molecule is NC(=O)C(=NO)c1nccs1. The summed E-state index contributed by atoms with van der Waals surface area (Å²) in [5.74, 6) is -0.789. The van der Waals surface area contributed by atoms with Gasteiger partial charge in [0.15, 0.2) is 5.01 Å². The Morgan fingerprint density at radius 3 is 2.91 bits per heavy atom. The summed E-state index contributed by atoms with van der Waals surface area (Å²) in [6.07, 6.45) is 1.49. The number of nitrogens with zero attached hydrogens (tertiary/aromatic N) is 2. The van der Waals surface area contributed by atoms with Crippen LogP contribution in [0.3, 0.4) is 0 Å². The van der Waals surface area contributed by atoms with Gasteiger partial charge in [0.05, 0.1) is 0 Å². The number of primary amides is 1. The lowest BCUT2D eigenvalue weighted by Crippen LogP contribution is -2.23. The number of rotatable bonds is 2. The molecule has 0 fully saturated rings. The van der Waals surface area contributed by atoms with Crippen LogP contribution in [0.25, 0.3) is 0 Å². The van der Waals surface area contributed by atoms with Gasteiger partial charge in [-0.3, -0.25) is 4.79 Å². The van der Waals surface area contributed by atoms with Crippen molar-refractivity contribution in [1.82, 2.24) is 4.98 Å². The third kappa shape index (κ3) is 1.53. The predicted molar refractivity (Wildman–Crippen MR) is 39.6 cm³/mol. The standard InChI is InChI=1S/C5H5N3O2S/c6-4(9)3(8-10)5-7-1-2-11-5/h1-2,10H,(H2,6,9). The number of hydrogen-bond donors (Lipinski definition) is 2. The van der Waals surface area contributed by atoms with E-state index in [-0.39, 0.29) is 5.71 Å². The van der Waals surface area contributed by atoms with E-state index < -0.39 is 5.91 Å². The molecule has 1 amide bonds. The van der Waals surface area contributed by atoms with Crippen LogP contribution in [0, 0.1) is 0 Å². The van der Waals surface area contributed by atoms with E-state index in [2.05, 4.69) is 10.1 Å². The number of amides is 1. The minimum Gasteiger partial charge on any atom is -0.410 e. The molecular formula is C5H5N3O2S. The first-order chi connectivity index (χ1) is 5.25. The third-order valence-electron chi connectivity index (χ3n) is 0.968. The van der Waals surface area contributed by atoms with Gasteiger partial charge >= 0.3 is 0 Å². The fraction of sp³-hybridized carbons (Fsp3) is 0. The van der Waals surface area contributed by atoms with E-state index in [0.717, 1.165) is 0 Å². The zero-order chi connectivity index (χ0) is 8.27. The van der Waals surface area contributed by atoms with Gasteiger partial charge in [-0.2, -0.15) is 0 Å². The van der Waals surface area contributed by atoms with Gasteiger partial charge in [0, 0.05) is 11.6 Å². The van der Waals surface area contributed by atoms with Gasteiger partial charge in [-0.05, 0) is 0 Å². The molecule has 5 nitrogen and oxygen atoms in total. The first kappa shape index (κ1) is 7.67. The number of carbonyl (C=O) groups excluding carboxylic acids is 1. The van der Waals surface area contributed by atoms with Crippen molar-refractivity contribution in [1.29, 1.82) is 0 Å². The highest BCUT2D eigenvalue weighted by Crippen LogP contribution is 2.04. The number of aromatic nitrogens is 1. The fourth-order valence-corrected chi connectivity index (χ4v) is 1.16. The number of thiazole rings is 1. The van der Waals surface area contributed by atoms with Crippen LogP contribution < -0.4 is 5.73 Å². The fourth-order valence-electron chi connectivity index (χ4n) is 0.538. The minimum absolute atomic E-state index is 0.208. The lowest BCUT2D eigenvalue weighted by atomic mass is 10.4. The molecule has 0 radical (unpaired) electrons. The van der Waals surface area contributed by atoms with Crippen molar-refractivity contribution in [2.75, 3.05) is 0 Å². The Bertz CT molecular complexity index is 280. The number of carbonyl (C=O) groups is 1. The van der Waals surface area contributed by atoms with Gasteiger partial charge in [0.2, 0.25) is 5.71 Å². The summed E-state index contributed by atoms with van der Waals surface area (Å²) >= 11 is 1.18. The lowest BCUT2D eigenvalue weighted by Gasteiger charge is -1.91. The minimum atomic E-state index is -0.789. The highest BCUT2D eigenvalue weighted by Gasteiger charge is 2.12. The Hall–Kier alpha value is -1.43. The van der Waals surface area contributed by atoms with E-state index in [1.807, 2.05) is 0 Å². The van der Waals surface area contributed by atoms with Crippen molar-refractivity contribution in [3.05, 3.63) is 16.6 Å². The van der Waals surface area contributed by atoms with Gasteiger partial charge in [-0.15, -0.1) is 11.3 Å². The molecule has 0 spiro atoms. The Labute approximate surface area is 66.2 Å². The second-order valence-electron chi connectivity index (χ2n) is 1.65. The van der Waals surface area contributed by atoms with Gasteiger partial charge in [0.1, 0.15) is 0 Å². The molecule has 0 atom stereocenters. The summed E-state index contributed by atoms with van der Waals surface area (Å²) < 4.78 is 0. The summed E-state index contributed by atoms with van der Waals surface area (Å²) in [4.78, 5) is 14.3. The normalized spacial score (nSPS) is 11.5. The molecule has 11 heavy (non-hydrogen) atoms. The van der Waals surface area contributed by atoms with Crippen molar-refractivity contribution in [2.45, 2.75) is 0 Å². The molecule has 1 heterocycles. The Kier molecular flexibility index (Phi) is 2.17. The zero-order valence-corrected chi connectivity index (χ0v) is 6.21. The van der Waals surface area contributed by atoms with Crippen LogP contribution in [0.5, 0.6) is 0 Å². The maximum atomic E-state index is 10.5. The number of hydrogen-bond acceptors (Lipinski definition) is 5. The Balaban J connectivity index is 2.99. The van der Waals surface area contributed by atoms with Crippen LogP contribution >= 0.6 is 11.3 Å². The molecule has 0 bridgehead atoms. The Morgan fingerprint density at radius 1 is 1.82 bits per heavy atom. The molecule has 0 saturated carbocycles. The van der Waals surface area contributed by atoms with Crippen LogP contribution in [0.2, 0.25) is 0 Å². The molecule has 58 valence electrons. The average molecular weight is 171 g/mol. The van der Waals surface area contributed by atoms with Gasteiger partial charge in [-0.1, -0.05) is 5.16 Å². The monoisotopic (exact) mass is 171 g/mol. The molecule has 3 N–H and O–H groups in total. The van der Waals surface area contributed by atoms with E-state index in [1.165, 1.54) is 17.5 Å². The maximum Gasteiger partial charge on any atom is 0.273 e. The van der Waals surface area contributed by atoms with E-state index in [9.17, 15) is 4.79 Å². The highest BCUT2D eigenvalue weighted by molar-refractivity contribution is 7.12. The molecule has 0 unspecified atom stereocenters. The number of nitrogens with two attached hydrogens (primary N) is 1. The summed E-state index contributed by atoms with van der Waals surface area (Å²) in [5.41, 5.74) is 4.67. The molecular weight excluding hydrogens is 166 g/mol. The molecule has 1 rings (SSSR count). The summed E-state index contributed by atoms with van der Waals surface area (Å²) in [7, 11) is 0. The van der Waals surface area contributed by atoms with Crippen molar-refractivity contribution in [2.24, 2.45) is 10.9 Å². The highest BCUT2D eigenvalue weighted by atomic mass is 32.1. The van der Waals surface area contributed by atoms with Gasteiger partial charge in [0.25, 0.3) is 5.91 Å². The largest absolute Gasteiger partial charge is 0.410 e. The average Bonchev–Trinajstić information content (AvgIpc) is 2.40. The van der Waals surface area contributed by atoms with Crippen molar-refractivity contribution >= 4 is 23.0 Å². The van der Waals surface area contributed by atoms with Gasteiger partial charge < -0.3 is 10.9 Å². The molecule has 6 heteroatoms. The van der Waals surface area contributed by atoms with Crippen molar-refractivity contribution < 1.29 is 10.0 Å². The second-order valence-corrected chi connectivity index (χ2v) is 2.54. The lowest BCUT2D eigenvalue weighted by molar-refractivity contribution is -0.112. The van der Waals surface area contributed by atoms with Crippen LogP contribution in [-0.4, -0.2) is 21.8 Å². The smallest absolute Gasteiger partial charge is 0.273 e. The quantitative estimate of drug-likeness (QED) is 0.367.